The monoisotopic (exact) mass is 264 g/mol. The molecule has 2 aromatic heterocycles. The highest BCUT2D eigenvalue weighted by Crippen LogP contribution is 2.20. The van der Waals surface area contributed by atoms with Gasteiger partial charge in [-0.2, -0.15) is 9.78 Å². The minimum Gasteiger partial charge on any atom is -0.340 e. The van der Waals surface area contributed by atoms with Gasteiger partial charge in [-0.3, -0.25) is 0 Å². The maximum Gasteiger partial charge on any atom is 0.155 e. The molecule has 0 bridgehead atoms. The quantitative estimate of drug-likeness (QED) is 0.785. The lowest BCUT2D eigenvalue weighted by atomic mass is 10.2. The first kappa shape index (κ1) is 12.4. The lowest BCUT2D eigenvalue weighted by Crippen LogP contribution is -2.04. The predicted molar refractivity (Wildman–Crippen MR) is 80.6 cm³/mol. The van der Waals surface area contributed by atoms with Gasteiger partial charge in [0.15, 0.2) is 5.82 Å². The second-order valence-corrected chi connectivity index (χ2v) is 4.76. The van der Waals surface area contributed by atoms with Crippen molar-refractivity contribution in [2.24, 2.45) is 0 Å². The minimum absolute atomic E-state index is 0.801. The van der Waals surface area contributed by atoms with E-state index in [1.54, 1.807) is 6.20 Å². The molecule has 3 rings (SSSR count). The van der Waals surface area contributed by atoms with Crippen LogP contribution < -0.4 is 5.32 Å². The Balaban J connectivity index is 1.96. The number of hydrogen-bond acceptors (Lipinski definition) is 3. The number of benzene rings is 1. The van der Waals surface area contributed by atoms with Crippen molar-refractivity contribution in [3.05, 3.63) is 66.0 Å². The number of aryl methyl sites for hydroxylation is 2. The molecule has 20 heavy (non-hydrogen) atoms. The third kappa shape index (κ3) is 2.54. The molecule has 0 saturated carbocycles. The van der Waals surface area contributed by atoms with Crippen molar-refractivity contribution in [1.82, 2.24) is 14.8 Å². The Morgan fingerprint density at radius 3 is 2.50 bits per heavy atom. The van der Waals surface area contributed by atoms with Gasteiger partial charge >= 0.3 is 0 Å². The van der Waals surface area contributed by atoms with Crippen LogP contribution in [0.2, 0.25) is 0 Å². The fourth-order valence-corrected chi connectivity index (χ4v) is 2.03. The zero-order chi connectivity index (χ0) is 13.9. The summed E-state index contributed by atoms with van der Waals surface area (Å²) in [5, 5.41) is 7.87. The first-order valence-electron chi connectivity index (χ1n) is 6.54. The van der Waals surface area contributed by atoms with E-state index in [9.17, 15) is 0 Å². The molecular formula is C16H16N4. The number of nitrogens with one attached hydrogen (secondary N) is 1. The van der Waals surface area contributed by atoms with E-state index >= 15 is 0 Å². The molecule has 0 spiro atoms. The minimum atomic E-state index is 0.801. The molecule has 4 nitrogen and oxygen atoms in total. The Kier molecular flexibility index (Phi) is 3.21. The molecule has 1 N–H and O–H groups in total. The molecule has 100 valence electrons. The zero-order valence-corrected chi connectivity index (χ0v) is 11.5. The molecule has 0 unspecified atom stereocenters. The lowest BCUT2D eigenvalue weighted by Gasteiger charge is -2.09. The average Bonchev–Trinajstić information content (AvgIpc) is 2.83. The van der Waals surface area contributed by atoms with Crippen molar-refractivity contribution in [2.75, 3.05) is 5.32 Å². The van der Waals surface area contributed by atoms with Gasteiger partial charge in [-0.05, 0) is 38.1 Å². The topological polar surface area (TPSA) is 42.7 Å². The number of hydrogen-bond donors (Lipinski definition) is 1. The molecule has 0 saturated heterocycles. The Morgan fingerprint density at radius 1 is 1.00 bits per heavy atom. The van der Waals surface area contributed by atoms with Gasteiger partial charge < -0.3 is 5.32 Å². The van der Waals surface area contributed by atoms with Crippen LogP contribution in [0.3, 0.4) is 0 Å². The van der Waals surface area contributed by atoms with Crippen LogP contribution >= 0.6 is 0 Å². The average molecular weight is 264 g/mol. The molecule has 2 heterocycles. The van der Waals surface area contributed by atoms with Gasteiger partial charge in [-0.15, -0.1) is 0 Å². The molecule has 0 atom stereocenters. The summed E-state index contributed by atoms with van der Waals surface area (Å²) >= 11 is 0. The first-order valence-corrected chi connectivity index (χ1v) is 6.54. The zero-order valence-electron chi connectivity index (χ0n) is 11.5. The van der Waals surface area contributed by atoms with Crippen LogP contribution in [0.25, 0.3) is 5.82 Å². The molecule has 1 aromatic carbocycles. The Hall–Kier alpha value is -2.62. The Bertz CT molecular complexity index is 699. The molecule has 0 radical (unpaired) electrons. The van der Waals surface area contributed by atoms with Crippen LogP contribution in [-0.4, -0.2) is 14.8 Å². The number of anilines is 2. The van der Waals surface area contributed by atoms with Crippen molar-refractivity contribution in [1.29, 1.82) is 0 Å². The Morgan fingerprint density at radius 2 is 1.80 bits per heavy atom. The van der Waals surface area contributed by atoms with Crippen LogP contribution in [-0.2, 0) is 0 Å². The second-order valence-electron chi connectivity index (χ2n) is 4.76. The highest BCUT2D eigenvalue weighted by atomic mass is 15.4. The van der Waals surface area contributed by atoms with Gasteiger partial charge in [0, 0.05) is 18.0 Å². The number of aromatic nitrogens is 3. The van der Waals surface area contributed by atoms with Crippen molar-refractivity contribution in [3.63, 3.8) is 0 Å². The summed E-state index contributed by atoms with van der Waals surface area (Å²) in [6.07, 6.45) is 1.77. The van der Waals surface area contributed by atoms with Crippen LogP contribution in [0, 0.1) is 13.8 Å². The van der Waals surface area contributed by atoms with E-state index in [0.717, 1.165) is 23.0 Å². The SMILES string of the molecule is Cc1ccc(Nc2cc(C)nn2-c2ccccn2)cc1. The smallest absolute Gasteiger partial charge is 0.155 e. The third-order valence-corrected chi connectivity index (χ3v) is 3.02. The molecule has 4 heteroatoms. The van der Waals surface area contributed by atoms with E-state index < -0.39 is 0 Å². The van der Waals surface area contributed by atoms with Gasteiger partial charge in [0.1, 0.15) is 5.82 Å². The lowest BCUT2D eigenvalue weighted by molar-refractivity contribution is 0.839. The maximum absolute atomic E-state index is 4.49. The fraction of sp³-hybridized carbons (Fsp3) is 0.125. The van der Waals surface area contributed by atoms with Crippen molar-refractivity contribution in [2.45, 2.75) is 13.8 Å². The summed E-state index contributed by atoms with van der Waals surface area (Å²) < 4.78 is 1.81. The van der Waals surface area contributed by atoms with E-state index in [2.05, 4.69) is 46.6 Å². The molecular weight excluding hydrogens is 248 g/mol. The van der Waals surface area contributed by atoms with Crippen molar-refractivity contribution < 1.29 is 0 Å². The highest BCUT2D eigenvalue weighted by molar-refractivity contribution is 5.58. The van der Waals surface area contributed by atoms with Crippen LogP contribution in [0.4, 0.5) is 11.5 Å². The van der Waals surface area contributed by atoms with E-state index in [1.165, 1.54) is 5.56 Å². The molecule has 0 aliphatic carbocycles. The standard InChI is InChI=1S/C16H16N4/c1-12-6-8-14(9-7-12)18-16-11-13(2)19-20(16)15-5-3-4-10-17-15/h3-11,18H,1-2H3. The van der Waals surface area contributed by atoms with Gasteiger partial charge in [-0.25, -0.2) is 4.98 Å². The summed E-state index contributed by atoms with van der Waals surface area (Å²) in [4.78, 5) is 4.34. The van der Waals surface area contributed by atoms with E-state index in [-0.39, 0.29) is 0 Å². The van der Waals surface area contributed by atoms with E-state index in [1.807, 2.05) is 35.9 Å². The van der Waals surface area contributed by atoms with Crippen LogP contribution in [0.5, 0.6) is 0 Å². The summed E-state index contributed by atoms with van der Waals surface area (Å²) in [7, 11) is 0. The summed E-state index contributed by atoms with van der Waals surface area (Å²) in [6, 6.07) is 16.1. The summed E-state index contributed by atoms with van der Waals surface area (Å²) in [6.45, 7) is 4.05. The molecule has 0 fully saturated rings. The largest absolute Gasteiger partial charge is 0.340 e. The molecule has 0 aliphatic rings. The van der Waals surface area contributed by atoms with Gasteiger partial charge in [0.05, 0.1) is 5.69 Å². The molecule has 0 aliphatic heterocycles. The predicted octanol–water partition coefficient (Wildman–Crippen LogP) is 3.63. The number of rotatable bonds is 3. The summed E-state index contributed by atoms with van der Waals surface area (Å²) in [5.74, 6) is 1.71. The van der Waals surface area contributed by atoms with Crippen LogP contribution in [0.15, 0.2) is 54.7 Å². The fourth-order valence-electron chi connectivity index (χ4n) is 2.03. The van der Waals surface area contributed by atoms with Crippen LogP contribution in [0.1, 0.15) is 11.3 Å². The van der Waals surface area contributed by atoms with Crippen molar-refractivity contribution >= 4 is 11.5 Å². The van der Waals surface area contributed by atoms with Gasteiger partial charge in [0.25, 0.3) is 0 Å². The summed E-state index contributed by atoms with van der Waals surface area (Å²) in [5.41, 5.74) is 3.22. The van der Waals surface area contributed by atoms with Gasteiger partial charge in [-0.1, -0.05) is 23.8 Å². The second kappa shape index (κ2) is 5.17. The van der Waals surface area contributed by atoms with Gasteiger partial charge in [0.2, 0.25) is 0 Å². The number of pyridine rings is 1. The Labute approximate surface area is 118 Å². The third-order valence-electron chi connectivity index (χ3n) is 3.02. The molecule has 3 aromatic rings. The first-order chi connectivity index (χ1) is 9.72. The van der Waals surface area contributed by atoms with Crippen molar-refractivity contribution in [3.8, 4) is 5.82 Å². The normalized spacial score (nSPS) is 10.5. The molecule has 0 amide bonds. The van der Waals surface area contributed by atoms with E-state index in [4.69, 9.17) is 0 Å². The van der Waals surface area contributed by atoms with E-state index in [0.29, 0.717) is 0 Å². The highest BCUT2D eigenvalue weighted by Gasteiger charge is 2.08. The maximum atomic E-state index is 4.49. The number of nitrogens with zero attached hydrogens (tertiary/aromatic N) is 3.